The summed E-state index contributed by atoms with van der Waals surface area (Å²) in [6, 6.07) is 2.35. The van der Waals surface area contributed by atoms with Crippen molar-refractivity contribution >= 4 is 34.4 Å². The molecule has 2 aliphatic rings. The minimum Gasteiger partial charge on any atom is -0.386 e. The molecule has 0 unspecified atom stereocenters. The van der Waals surface area contributed by atoms with E-state index < -0.39 is 12.0 Å². The monoisotopic (exact) mass is 487 g/mol. The average molecular weight is 488 g/mol. The lowest BCUT2D eigenvalue weighted by Gasteiger charge is -2.30. The summed E-state index contributed by atoms with van der Waals surface area (Å²) >= 11 is 0. The number of imidazole rings is 1. The van der Waals surface area contributed by atoms with Crippen molar-refractivity contribution in [2.24, 2.45) is 0 Å². The van der Waals surface area contributed by atoms with E-state index in [1.54, 1.807) is 25.4 Å². The highest BCUT2D eigenvalue weighted by atomic mass is 19.3. The first-order valence-electron chi connectivity index (χ1n) is 11.6. The standard InChI is InChI=1S/C23H27F2N7O3/c1-13-10-35-11-14-7-17(21(33)31(9-14)15-3-5-23(24,25)6-4-15)29-18-8-16(26-2)19-20(30-18)32(12-27-19)22(34)28-13/h7-9,12-13,15H,3-6,10-11H2,1-2H3,(H,28,34)(H2,26,29,30)/t13-/m1/s1. The van der Waals surface area contributed by atoms with Crippen LogP contribution in [0, 0.1) is 0 Å². The molecule has 1 aliphatic carbocycles. The van der Waals surface area contributed by atoms with Crippen LogP contribution in [-0.2, 0) is 11.3 Å². The van der Waals surface area contributed by atoms with Crippen molar-refractivity contribution in [1.82, 2.24) is 24.4 Å². The Morgan fingerprint density at radius 2 is 2.00 bits per heavy atom. The zero-order chi connectivity index (χ0) is 24.7. The molecule has 0 saturated heterocycles. The van der Waals surface area contributed by atoms with E-state index >= 15 is 0 Å². The number of hydrogen-bond acceptors (Lipinski definition) is 7. The Balaban J connectivity index is 1.61. The summed E-state index contributed by atoms with van der Waals surface area (Å²) in [5.41, 5.74) is 2.06. The number of rotatable bonds is 2. The van der Waals surface area contributed by atoms with Gasteiger partial charge in [0.05, 0.1) is 24.9 Å². The fourth-order valence-corrected chi connectivity index (χ4v) is 4.61. The van der Waals surface area contributed by atoms with E-state index in [-0.39, 0.29) is 62.2 Å². The molecule has 5 rings (SSSR count). The first-order chi connectivity index (χ1) is 16.7. The van der Waals surface area contributed by atoms with Gasteiger partial charge in [0.2, 0.25) is 5.92 Å². The van der Waals surface area contributed by atoms with Crippen molar-refractivity contribution in [1.29, 1.82) is 0 Å². The lowest BCUT2D eigenvalue weighted by molar-refractivity contribution is -0.0442. The number of alkyl halides is 2. The molecule has 3 aromatic rings. The van der Waals surface area contributed by atoms with Gasteiger partial charge in [-0.05, 0) is 31.4 Å². The molecule has 3 aromatic heterocycles. The summed E-state index contributed by atoms with van der Waals surface area (Å²) in [4.78, 5) is 35.1. The summed E-state index contributed by atoms with van der Waals surface area (Å²) in [5.74, 6) is -2.36. The Hall–Kier alpha value is -3.54. The van der Waals surface area contributed by atoms with Gasteiger partial charge in [-0.25, -0.2) is 28.1 Å². The van der Waals surface area contributed by atoms with Crippen LogP contribution in [0.2, 0.25) is 0 Å². The highest BCUT2D eigenvalue weighted by Gasteiger charge is 2.36. The molecule has 10 nitrogen and oxygen atoms in total. The molecule has 35 heavy (non-hydrogen) atoms. The van der Waals surface area contributed by atoms with Gasteiger partial charge in [0.15, 0.2) is 5.65 Å². The summed E-state index contributed by atoms with van der Waals surface area (Å²) in [7, 11) is 1.72. The zero-order valence-electron chi connectivity index (χ0n) is 19.5. The summed E-state index contributed by atoms with van der Waals surface area (Å²) < 4.78 is 36.1. The normalized spacial score (nSPS) is 20.8. The molecular formula is C23H27F2N7O3. The minimum atomic E-state index is -2.69. The number of amides is 1. The Kier molecular flexibility index (Phi) is 5.91. The third kappa shape index (κ3) is 4.57. The van der Waals surface area contributed by atoms with E-state index in [4.69, 9.17) is 4.74 Å². The van der Waals surface area contributed by atoms with Gasteiger partial charge in [-0.15, -0.1) is 0 Å². The molecule has 1 fully saturated rings. The van der Waals surface area contributed by atoms with Gasteiger partial charge in [-0.3, -0.25) is 4.79 Å². The van der Waals surface area contributed by atoms with Gasteiger partial charge >= 0.3 is 6.03 Å². The van der Waals surface area contributed by atoms with Gasteiger partial charge in [0, 0.05) is 38.2 Å². The first-order valence-corrected chi connectivity index (χ1v) is 11.6. The number of nitrogens with one attached hydrogen (secondary N) is 3. The second kappa shape index (κ2) is 8.91. The highest BCUT2D eigenvalue weighted by Crippen LogP contribution is 2.38. The molecule has 1 saturated carbocycles. The quantitative estimate of drug-likeness (QED) is 0.506. The number of anilines is 3. The number of ether oxygens (including phenoxy) is 1. The molecule has 4 bridgehead atoms. The maximum Gasteiger partial charge on any atom is 0.328 e. The average Bonchev–Trinajstić information content (AvgIpc) is 3.24. The van der Waals surface area contributed by atoms with Crippen molar-refractivity contribution in [3.63, 3.8) is 0 Å². The first kappa shape index (κ1) is 23.2. The van der Waals surface area contributed by atoms with Gasteiger partial charge in [-0.1, -0.05) is 0 Å². The van der Waals surface area contributed by atoms with Gasteiger partial charge < -0.3 is 25.3 Å². The Morgan fingerprint density at radius 1 is 1.23 bits per heavy atom. The second-order valence-electron chi connectivity index (χ2n) is 9.14. The van der Waals surface area contributed by atoms with Crippen LogP contribution in [0.3, 0.4) is 0 Å². The van der Waals surface area contributed by atoms with Crippen LogP contribution in [0.25, 0.3) is 11.2 Å². The van der Waals surface area contributed by atoms with Crippen molar-refractivity contribution in [3.8, 4) is 0 Å². The van der Waals surface area contributed by atoms with Crippen molar-refractivity contribution in [3.05, 3.63) is 40.6 Å². The number of halogens is 2. The Morgan fingerprint density at radius 3 is 2.74 bits per heavy atom. The predicted molar refractivity (Wildman–Crippen MR) is 127 cm³/mol. The highest BCUT2D eigenvalue weighted by molar-refractivity contribution is 5.94. The lowest BCUT2D eigenvalue weighted by Crippen LogP contribution is -2.38. The van der Waals surface area contributed by atoms with E-state index in [9.17, 15) is 18.4 Å². The van der Waals surface area contributed by atoms with Crippen LogP contribution < -0.4 is 21.5 Å². The predicted octanol–water partition coefficient (Wildman–Crippen LogP) is 3.61. The van der Waals surface area contributed by atoms with Gasteiger partial charge in [-0.2, -0.15) is 0 Å². The molecule has 1 amide bonds. The Labute approximate surface area is 199 Å². The fourth-order valence-electron chi connectivity index (χ4n) is 4.61. The van der Waals surface area contributed by atoms with Crippen LogP contribution in [0.4, 0.5) is 30.8 Å². The van der Waals surface area contributed by atoms with Crippen LogP contribution in [0.5, 0.6) is 0 Å². The lowest BCUT2D eigenvalue weighted by atomic mass is 9.92. The molecule has 1 atom stereocenters. The maximum absolute atomic E-state index is 13.7. The number of nitrogens with zero attached hydrogens (tertiary/aromatic N) is 4. The number of carbonyl (C=O) groups excluding carboxylic acids is 1. The number of aromatic nitrogens is 4. The molecule has 0 radical (unpaired) electrons. The zero-order valence-corrected chi connectivity index (χ0v) is 19.5. The SMILES string of the molecule is CNc1cc2nc3c1ncn3C(=O)N[C@H](C)COCc1cc(c(=O)n(C3CCC(F)(F)CC3)c1)N2. The smallest absolute Gasteiger partial charge is 0.328 e. The molecule has 12 heteroatoms. The third-order valence-electron chi connectivity index (χ3n) is 6.44. The number of fused-ring (bicyclic) bond motifs is 3. The van der Waals surface area contributed by atoms with Crippen LogP contribution >= 0.6 is 0 Å². The van der Waals surface area contributed by atoms with Crippen molar-refractivity contribution in [2.75, 3.05) is 24.3 Å². The van der Waals surface area contributed by atoms with Crippen LogP contribution in [0.15, 0.2) is 29.5 Å². The van der Waals surface area contributed by atoms with E-state index in [1.807, 2.05) is 6.92 Å². The molecule has 4 heterocycles. The summed E-state index contributed by atoms with van der Waals surface area (Å²) in [6.45, 7) is 2.23. The number of pyridine rings is 2. The van der Waals surface area contributed by atoms with Gasteiger partial charge in [0.1, 0.15) is 23.3 Å². The molecule has 0 spiro atoms. The van der Waals surface area contributed by atoms with E-state index in [2.05, 4.69) is 25.9 Å². The summed E-state index contributed by atoms with van der Waals surface area (Å²) in [6.07, 6.45) is 3.00. The second-order valence-corrected chi connectivity index (χ2v) is 9.14. The fraction of sp³-hybridized carbons (Fsp3) is 0.478. The van der Waals surface area contributed by atoms with Gasteiger partial charge in [0.25, 0.3) is 5.56 Å². The van der Waals surface area contributed by atoms with Crippen molar-refractivity contribution in [2.45, 2.75) is 57.2 Å². The van der Waals surface area contributed by atoms with Crippen molar-refractivity contribution < 1.29 is 18.3 Å². The summed E-state index contributed by atoms with van der Waals surface area (Å²) in [5, 5.41) is 8.98. The minimum absolute atomic E-state index is 0.183. The topological polar surface area (TPSA) is 115 Å². The van der Waals surface area contributed by atoms with E-state index in [1.165, 1.54) is 15.5 Å². The number of carbonyl (C=O) groups is 1. The molecular weight excluding hydrogens is 460 g/mol. The van der Waals surface area contributed by atoms with E-state index in [0.717, 1.165) is 0 Å². The number of hydrogen-bond donors (Lipinski definition) is 3. The molecule has 0 aromatic carbocycles. The molecule has 186 valence electrons. The molecule has 3 N–H and O–H groups in total. The van der Waals surface area contributed by atoms with Crippen LogP contribution in [0.1, 0.15) is 44.2 Å². The molecule has 1 aliphatic heterocycles. The third-order valence-corrected chi connectivity index (χ3v) is 6.44. The van der Waals surface area contributed by atoms with E-state index in [0.29, 0.717) is 28.2 Å². The maximum atomic E-state index is 13.7. The van der Waals surface area contributed by atoms with Crippen LogP contribution in [-0.4, -0.2) is 50.8 Å². The largest absolute Gasteiger partial charge is 0.386 e. The Bertz CT molecular complexity index is 1330.